The van der Waals surface area contributed by atoms with Crippen molar-refractivity contribution in [2.45, 2.75) is 45.4 Å². The Balaban J connectivity index is 1.70. The van der Waals surface area contributed by atoms with Gasteiger partial charge in [-0.1, -0.05) is 44.1 Å². The Bertz CT molecular complexity index is 523. The number of nitrogen functional groups attached to an aromatic ring is 1. The molecule has 2 N–H and O–H groups in total. The fourth-order valence-electron chi connectivity index (χ4n) is 2.12. The van der Waals surface area contributed by atoms with E-state index in [9.17, 15) is 0 Å². The number of hydrogen-bond donors (Lipinski definition) is 1. The van der Waals surface area contributed by atoms with Crippen LogP contribution in [0.3, 0.4) is 0 Å². The average molecular weight is 289 g/mol. The lowest BCUT2D eigenvalue weighted by Gasteiger charge is -2.06. The second-order valence-electron chi connectivity index (χ2n) is 5.09. The van der Waals surface area contributed by atoms with Crippen LogP contribution in [0.4, 0.5) is 6.01 Å². The molecule has 5 heteroatoms. The van der Waals surface area contributed by atoms with Crippen LogP contribution in [0.25, 0.3) is 11.5 Å². The maximum absolute atomic E-state index is 5.72. The zero-order chi connectivity index (χ0) is 14.9. The van der Waals surface area contributed by atoms with Gasteiger partial charge in [-0.15, -0.1) is 5.10 Å². The molecule has 0 radical (unpaired) electrons. The normalized spacial score (nSPS) is 10.7. The number of ether oxygens (including phenoxy) is 1. The summed E-state index contributed by atoms with van der Waals surface area (Å²) in [6.45, 7) is 2.99. The summed E-state index contributed by atoms with van der Waals surface area (Å²) >= 11 is 0. The maximum Gasteiger partial charge on any atom is 0.313 e. The Labute approximate surface area is 125 Å². The van der Waals surface area contributed by atoms with Crippen molar-refractivity contribution in [1.29, 1.82) is 0 Å². The summed E-state index contributed by atoms with van der Waals surface area (Å²) in [6, 6.07) is 7.68. The van der Waals surface area contributed by atoms with E-state index in [-0.39, 0.29) is 6.01 Å². The first-order chi connectivity index (χ1) is 10.3. The molecule has 0 bridgehead atoms. The second kappa shape index (κ2) is 8.29. The van der Waals surface area contributed by atoms with Gasteiger partial charge in [0.2, 0.25) is 5.89 Å². The Hall–Kier alpha value is -2.04. The molecule has 1 aromatic heterocycles. The number of nitrogens with zero attached hydrogens (tertiary/aromatic N) is 2. The largest absolute Gasteiger partial charge is 0.494 e. The SMILES string of the molecule is CCCCCCCCOc1ccc(-c2nnc(N)o2)cc1. The van der Waals surface area contributed by atoms with Gasteiger partial charge in [-0.25, -0.2) is 0 Å². The third-order valence-corrected chi connectivity index (χ3v) is 3.31. The van der Waals surface area contributed by atoms with E-state index in [0.717, 1.165) is 24.3 Å². The van der Waals surface area contributed by atoms with Gasteiger partial charge in [0.25, 0.3) is 0 Å². The van der Waals surface area contributed by atoms with E-state index in [1.807, 2.05) is 24.3 Å². The highest BCUT2D eigenvalue weighted by molar-refractivity contribution is 5.54. The quantitative estimate of drug-likeness (QED) is 0.705. The summed E-state index contributed by atoms with van der Waals surface area (Å²) < 4.78 is 10.9. The van der Waals surface area contributed by atoms with Crippen LogP contribution in [0.1, 0.15) is 45.4 Å². The zero-order valence-electron chi connectivity index (χ0n) is 12.5. The van der Waals surface area contributed by atoms with E-state index < -0.39 is 0 Å². The van der Waals surface area contributed by atoms with Gasteiger partial charge in [-0.3, -0.25) is 0 Å². The van der Waals surface area contributed by atoms with Gasteiger partial charge >= 0.3 is 6.01 Å². The summed E-state index contributed by atoms with van der Waals surface area (Å²) in [5, 5.41) is 7.48. The number of unbranched alkanes of at least 4 members (excludes halogenated alkanes) is 5. The van der Waals surface area contributed by atoms with Crippen LogP contribution in [0.5, 0.6) is 5.75 Å². The van der Waals surface area contributed by atoms with Crippen molar-refractivity contribution in [3.05, 3.63) is 24.3 Å². The highest BCUT2D eigenvalue weighted by atomic mass is 16.5. The van der Waals surface area contributed by atoms with E-state index in [1.165, 1.54) is 32.1 Å². The molecule has 0 fully saturated rings. The Kier molecular flexibility index (Phi) is 6.06. The lowest BCUT2D eigenvalue weighted by molar-refractivity contribution is 0.304. The number of rotatable bonds is 9. The van der Waals surface area contributed by atoms with Gasteiger partial charge in [-0.2, -0.15) is 0 Å². The molecule has 0 aliphatic heterocycles. The van der Waals surface area contributed by atoms with Gasteiger partial charge in [0, 0.05) is 5.56 Å². The third-order valence-electron chi connectivity index (χ3n) is 3.31. The van der Waals surface area contributed by atoms with Crippen LogP contribution in [0.15, 0.2) is 28.7 Å². The molecule has 2 rings (SSSR count). The minimum Gasteiger partial charge on any atom is -0.494 e. The summed E-state index contributed by atoms with van der Waals surface area (Å²) in [5.41, 5.74) is 6.24. The topological polar surface area (TPSA) is 74.2 Å². The second-order valence-corrected chi connectivity index (χ2v) is 5.09. The van der Waals surface area contributed by atoms with E-state index >= 15 is 0 Å². The third kappa shape index (κ3) is 5.10. The molecule has 5 nitrogen and oxygen atoms in total. The van der Waals surface area contributed by atoms with Crippen molar-refractivity contribution >= 4 is 6.01 Å². The fraction of sp³-hybridized carbons (Fsp3) is 0.500. The molecule has 0 aliphatic rings. The highest BCUT2D eigenvalue weighted by Crippen LogP contribution is 2.22. The first-order valence-electron chi connectivity index (χ1n) is 7.62. The number of aromatic nitrogens is 2. The van der Waals surface area contributed by atoms with Crippen molar-refractivity contribution < 1.29 is 9.15 Å². The summed E-state index contributed by atoms with van der Waals surface area (Å²) in [7, 11) is 0. The Morgan fingerprint density at radius 3 is 2.38 bits per heavy atom. The smallest absolute Gasteiger partial charge is 0.313 e. The van der Waals surface area contributed by atoms with Crippen LogP contribution in [0, 0.1) is 0 Å². The summed E-state index contributed by atoms with van der Waals surface area (Å²) in [6.07, 6.45) is 7.59. The van der Waals surface area contributed by atoms with Gasteiger partial charge in [-0.05, 0) is 30.7 Å². The molecule has 21 heavy (non-hydrogen) atoms. The summed E-state index contributed by atoms with van der Waals surface area (Å²) in [4.78, 5) is 0. The molecule has 1 aromatic carbocycles. The molecule has 2 aromatic rings. The summed E-state index contributed by atoms with van der Waals surface area (Å²) in [5.74, 6) is 1.29. The molecule has 0 aliphatic carbocycles. The minimum absolute atomic E-state index is 0.0772. The zero-order valence-corrected chi connectivity index (χ0v) is 12.5. The van der Waals surface area contributed by atoms with Crippen molar-refractivity contribution in [1.82, 2.24) is 10.2 Å². The van der Waals surface area contributed by atoms with Crippen molar-refractivity contribution in [3.63, 3.8) is 0 Å². The molecule has 0 saturated heterocycles. The molecule has 114 valence electrons. The van der Waals surface area contributed by atoms with Gasteiger partial charge in [0.05, 0.1) is 6.61 Å². The van der Waals surface area contributed by atoms with Gasteiger partial charge in [0.1, 0.15) is 5.75 Å². The van der Waals surface area contributed by atoms with Crippen LogP contribution in [-0.4, -0.2) is 16.8 Å². The Morgan fingerprint density at radius 1 is 1.00 bits per heavy atom. The Morgan fingerprint density at radius 2 is 1.71 bits per heavy atom. The highest BCUT2D eigenvalue weighted by Gasteiger charge is 2.06. The first kappa shape index (κ1) is 15.4. The molecule has 0 amide bonds. The molecular formula is C16H23N3O2. The van der Waals surface area contributed by atoms with Crippen LogP contribution >= 0.6 is 0 Å². The number of nitrogens with two attached hydrogens (primary N) is 1. The average Bonchev–Trinajstić information content (AvgIpc) is 2.93. The van der Waals surface area contributed by atoms with Crippen LogP contribution in [0.2, 0.25) is 0 Å². The van der Waals surface area contributed by atoms with Crippen LogP contribution < -0.4 is 10.5 Å². The molecule has 0 unspecified atom stereocenters. The first-order valence-corrected chi connectivity index (χ1v) is 7.62. The molecule has 0 atom stereocenters. The van der Waals surface area contributed by atoms with Gasteiger partial charge in [0.15, 0.2) is 0 Å². The molecule has 0 saturated carbocycles. The predicted octanol–water partition coefficient (Wildman–Crippen LogP) is 4.06. The standard InChI is InChI=1S/C16H23N3O2/c1-2-3-4-5-6-7-12-20-14-10-8-13(9-11-14)15-18-19-16(17)21-15/h8-11H,2-7,12H2,1H3,(H2,17,19). The maximum atomic E-state index is 5.72. The predicted molar refractivity (Wildman–Crippen MR) is 83.0 cm³/mol. The monoisotopic (exact) mass is 289 g/mol. The fourth-order valence-corrected chi connectivity index (χ4v) is 2.12. The van der Waals surface area contributed by atoms with Crippen molar-refractivity contribution in [2.24, 2.45) is 0 Å². The lowest BCUT2D eigenvalue weighted by Crippen LogP contribution is -1.97. The van der Waals surface area contributed by atoms with Crippen LogP contribution in [-0.2, 0) is 0 Å². The molecular weight excluding hydrogens is 266 g/mol. The minimum atomic E-state index is 0.0772. The van der Waals surface area contributed by atoms with Crippen molar-refractivity contribution in [3.8, 4) is 17.2 Å². The van der Waals surface area contributed by atoms with E-state index in [0.29, 0.717) is 5.89 Å². The van der Waals surface area contributed by atoms with Gasteiger partial charge < -0.3 is 14.9 Å². The lowest BCUT2D eigenvalue weighted by atomic mass is 10.1. The van der Waals surface area contributed by atoms with Crippen molar-refractivity contribution in [2.75, 3.05) is 12.3 Å². The number of anilines is 1. The van der Waals surface area contributed by atoms with E-state index in [4.69, 9.17) is 14.9 Å². The van der Waals surface area contributed by atoms with E-state index in [1.54, 1.807) is 0 Å². The molecule has 1 heterocycles. The molecule has 0 spiro atoms. The van der Waals surface area contributed by atoms with E-state index in [2.05, 4.69) is 17.1 Å². The number of hydrogen-bond acceptors (Lipinski definition) is 5. The number of benzene rings is 1.